The van der Waals surface area contributed by atoms with Gasteiger partial charge in [0.15, 0.2) is 5.13 Å². The summed E-state index contributed by atoms with van der Waals surface area (Å²) in [6.45, 7) is -8.83. The fraction of sp³-hybridized carbons (Fsp3) is 0.312. The summed E-state index contributed by atoms with van der Waals surface area (Å²) in [6.07, 6.45) is 5.25. The van der Waals surface area contributed by atoms with Crippen LogP contribution in [0.4, 0.5) is 9.93 Å². The van der Waals surface area contributed by atoms with Crippen LogP contribution in [0.3, 0.4) is 0 Å². The maximum absolute atomic E-state index is 12.2. The average molecular weight is 351 g/mol. The van der Waals surface area contributed by atoms with E-state index in [2.05, 4.69) is 25.3 Å². The number of nitrogens with one attached hydrogen (secondary N) is 1. The van der Waals surface area contributed by atoms with E-state index in [-0.39, 0.29) is 10.8 Å². The summed E-state index contributed by atoms with van der Waals surface area (Å²) >= 11 is 0.991. The second-order valence-corrected chi connectivity index (χ2v) is 5.85. The maximum Gasteiger partial charge on any atom is 0.333 e. The van der Waals surface area contributed by atoms with Gasteiger partial charge in [-0.15, -0.1) is 0 Å². The summed E-state index contributed by atoms with van der Waals surface area (Å²) in [5.41, 5.74) is -2.85. The number of anilines is 1. The molecular weight excluding hydrogens is 324 g/mol. The maximum atomic E-state index is 12.2. The highest BCUT2D eigenvalue weighted by Gasteiger charge is 2.19. The molecule has 1 amide bonds. The molecule has 0 aliphatic carbocycles. The largest absolute Gasteiger partial charge is 0.333 e. The summed E-state index contributed by atoms with van der Waals surface area (Å²) in [5, 5.41) is 2.76. The third-order valence-corrected chi connectivity index (χ3v) is 4.07. The van der Waals surface area contributed by atoms with E-state index >= 15 is 0 Å². The van der Waals surface area contributed by atoms with Crippen LogP contribution in [0.15, 0.2) is 31.0 Å². The van der Waals surface area contributed by atoms with Crippen LogP contribution in [0, 0.1) is 6.92 Å². The first-order valence-electron chi connectivity index (χ1n) is 11.2. The van der Waals surface area contributed by atoms with Crippen LogP contribution in [0.1, 0.15) is 44.4 Å². The van der Waals surface area contributed by atoms with E-state index in [1.807, 2.05) is 0 Å². The van der Waals surface area contributed by atoms with Crippen molar-refractivity contribution < 1.29 is 17.1 Å². The molecule has 0 aliphatic rings. The summed E-state index contributed by atoms with van der Waals surface area (Å²) in [6, 6.07) is 0.844. The van der Waals surface area contributed by atoms with Crippen LogP contribution in [-0.2, 0) is 5.41 Å². The normalized spacial score (nSPS) is 18.6. The molecule has 0 aromatic carbocycles. The van der Waals surface area contributed by atoms with Crippen molar-refractivity contribution in [2.75, 3.05) is 5.32 Å². The molecule has 124 valence electrons. The third-order valence-electron chi connectivity index (χ3n) is 2.97. The zero-order chi connectivity index (χ0) is 24.8. The number of carbonyl (C=O) groups is 1. The minimum absolute atomic E-state index is 0.0697. The molecule has 24 heavy (non-hydrogen) atoms. The summed E-state index contributed by atoms with van der Waals surface area (Å²) in [7, 11) is 0. The SMILES string of the molecule is [2H]C([2H])([2H])C(c1nccc(-c2sc(NC(=O)n3ccnc3)nc2C)n1)(C([2H])([2H])[2H])C([2H])([2H])[2H]. The van der Waals surface area contributed by atoms with E-state index < -0.39 is 37.8 Å². The van der Waals surface area contributed by atoms with Gasteiger partial charge in [-0.1, -0.05) is 31.9 Å². The number of aromatic nitrogens is 5. The molecule has 0 spiro atoms. The van der Waals surface area contributed by atoms with Gasteiger partial charge in [-0.25, -0.2) is 24.7 Å². The Hall–Kier alpha value is -2.61. The number of hydrogen-bond donors (Lipinski definition) is 1. The second-order valence-electron chi connectivity index (χ2n) is 4.85. The second kappa shape index (κ2) is 6.12. The quantitative estimate of drug-likeness (QED) is 0.764. The van der Waals surface area contributed by atoms with Crippen molar-refractivity contribution in [3.05, 3.63) is 42.5 Å². The minimum atomic E-state index is -3.48. The molecule has 3 heterocycles. The number of nitrogens with zero attached hydrogens (tertiary/aromatic N) is 5. The molecule has 0 saturated heterocycles. The Morgan fingerprint density at radius 1 is 1.33 bits per heavy atom. The lowest BCUT2D eigenvalue weighted by Crippen LogP contribution is -2.17. The number of imidazole rings is 1. The van der Waals surface area contributed by atoms with Gasteiger partial charge in [0.05, 0.1) is 16.3 Å². The van der Waals surface area contributed by atoms with Gasteiger partial charge in [-0.05, 0) is 13.0 Å². The van der Waals surface area contributed by atoms with E-state index in [9.17, 15) is 4.79 Å². The number of aryl methyl sites for hydroxylation is 1. The van der Waals surface area contributed by atoms with Crippen molar-refractivity contribution in [3.63, 3.8) is 0 Å². The number of carbonyl (C=O) groups excluding carboxylic acids is 1. The van der Waals surface area contributed by atoms with Gasteiger partial charge in [0, 0.05) is 36.3 Å². The van der Waals surface area contributed by atoms with Crippen molar-refractivity contribution in [1.82, 2.24) is 24.5 Å². The summed E-state index contributed by atoms with van der Waals surface area (Å²) in [4.78, 5) is 28.4. The Balaban J connectivity index is 2.10. The predicted octanol–water partition coefficient (Wildman–Crippen LogP) is 3.48. The molecule has 8 heteroatoms. The molecule has 3 rings (SSSR count). The Morgan fingerprint density at radius 3 is 2.88 bits per heavy atom. The number of amides is 1. The highest BCUT2D eigenvalue weighted by molar-refractivity contribution is 7.19. The van der Waals surface area contributed by atoms with Gasteiger partial charge >= 0.3 is 6.03 Å². The number of rotatable bonds is 2. The van der Waals surface area contributed by atoms with E-state index in [1.54, 1.807) is 6.92 Å². The van der Waals surface area contributed by atoms with E-state index in [4.69, 9.17) is 12.3 Å². The molecule has 0 atom stereocenters. The van der Waals surface area contributed by atoms with Crippen LogP contribution in [-0.4, -0.2) is 30.5 Å². The predicted molar refractivity (Wildman–Crippen MR) is 93.2 cm³/mol. The van der Waals surface area contributed by atoms with Crippen LogP contribution in [0.2, 0.25) is 0 Å². The van der Waals surface area contributed by atoms with Crippen LogP contribution in [0.5, 0.6) is 0 Å². The van der Waals surface area contributed by atoms with E-state index in [0.717, 1.165) is 17.5 Å². The first kappa shape index (κ1) is 8.48. The lowest BCUT2D eigenvalue weighted by molar-refractivity contribution is 0.253. The highest BCUT2D eigenvalue weighted by Crippen LogP contribution is 2.32. The first-order valence-corrected chi connectivity index (χ1v) is 7.52. The highest BCUT2D eigenvalue weighted by atomic mass is 32.1. The molecule has 0 radical (unpaired) electrons. The topological polar surface area (TPSA) is 85.6 Å². The smallest absolute Gasteiger partial charge is 0.283 e. The Kier molecular flexibility index (Phi) is 2.16. The lowest BCUT2D eigenvalue weighted by Gasteiger charge is -2.16. The summed E-state index contributed by atoms with van der Waals surface area (Å²) < 4.78 is 71.6. The van der Waals surface area contributed by atoms with Crippen LogP contribution < -0.4 is 5.32 Å². The zero-order valence-corrected chi connectivity index (χ0v) is 13.3. The average Bonchev–Trinajstić information content (AvgIpc) is 3.28. The van der Waals surface area contributed by atoms with Crippen LogP contribution in [0.25, 0.3) is 10.6 Å². The van der Waals surface area contributed by atoms with Crippen LogP contribution >= 0.6 is 11.3 Å². The van der Waals surface area contributed by atoms with Crippen molar-refractivity contribution in [2.24, 2.45) is 0 Å². The van der Waals surface area contributed by atoms with Gasteiger partial charge in [-0.3, -0.25) is 9.88 Å². The van der Waals surface area contributed by atoms with E-state index in [0.29, 0.717) is 10.6 Å². The molecule has 0 fully saturated rings. The molecule has 1 N–H and O–H groups in total. The van der Waals surface area contributed by atoms with Gasteiger partial charge in [-0.2, -0.15) is 0 Å². The van der Waals surface area contributed by atoms with Gasteiger partial charge < -0.3 is 0 Å². The summed E-state index contributed by atoms with van der Waals surface area (Å²) in [5.74, 6) is -0.850. The van der Waals surface area contributed by atoms with Gasteiger partial charge in [0.1, 0.15) is 12.2 Å². The molecule has 0 unspecified atom stereocenters. The lowest BCUT2D eigenvalue weighted by atomic mass is 9.95. The number of hydrogen-bond acceptors (Lipinski definition) is 6. The molecule has 0 bridgehead atoms. The van der Waals surface area contributed by atoms with Gasteiger partial charge in [0.2, 0.25) is 0 Å². The fourth-order valence-electron chi connectivity index (χ4n) is 1.89. The molecular formula is C16H18N6OS. The first-order chi connectivity index (χ1) is 15.1. The number of thiazole rings is 1. The third kappa shape index (κ3) is 3.33. The van der Waals surface area contributed by atoms with E-state index in [1.165, 1.54) is 29.4 Å². The zero-order valence-electron chi connectivity index (χ0n) is 21.4. The van der Waals surface area contributed by atoms with Crippen molar-refractivity contribution in [1.29, 1.82) is 0 Å². The molecule has 0 saturated carbocycles. The van der Waals surface area contributed by atoms with Gasteiger partial charge in [0.25, 0.3) is 0 Å². The molecule has 3 aromatic rings. The standard InChI is InChI=1S/C16H18N6OS/c1-10-12(11-5-6-18-13(20-11)16(2,3)4)24-14(19-10)21-15(23)22-8-7-17-9-22/h5-9H,1-4H3,(H,19,21,23)/i2D3,3D3,4D3. The molecule has 3 aromatic heterocycles. The monoisotopic (exact) mass is 351 g/mol. The Morgan fingerprint density at radius 2 is 2.17 bits per heavy atom. The molecule has 0 aliphatic heterocycles. The Labute approximate surface area is 156 Å². The minimum Gasteiger partial charge on any atom is -0.283 e. The van der Waals surface area contributed by atoms with Crippen molar-refractivity contribution in [3.8, 4) is 10.6 Å². The van der Waals surface area contributed by atoms with Crippen molar-refractivity contribution >= 4 is 22.5 Å². The Bertz CT molecular complexity index is 1110. The molecule has 7 nitrogen and oxygen atoms in total. The fourth-order valence-corrected chi connectivity index (χ4v) is 2.81. The van der Waals surface area contributed by atoms with Crippen molar-refractivity contribution in [2.45, 2.75) is 32.9 Å².